The zero-order chi connectivity index (χ0) is 14.7. The summed E-state index contributed by atoms with van der Waals surface area (Å²) in [7, 11) is 0. The highest BCUT2D eigenvalue weighted by Crippen LogP contribution is 2.19. The molecule has 0 aliphatic rings. The maximum atomic E-state index is 12.0. The molecule has 0 unspecified atom stereocenters. The highest BCUT2D eigenvalue weighted by molar-refractivity contribution is 6.29. The normalized spacial score (nSPS) is 10.3. The Labute approximate surface area is 125 Å². The van der Waals surface area contributed by atoms with Crippen LogP contribution in [0.2, 0.25) is 5.15 Å². The Hall–Kier alpha value is -2.73. The summed E-state index contributed by atoms with van der Waals surface area (Å²) in [5.41, 5.74) is 2.71. The summed E-state index contributed by atoms with van der Waals surface area (Å²) >= 11 is 5.71. The maximum absolute atomic E-state index is 12.0. The van der Waals surface area contributed by atoms with Gasteiger partial charge in [-0.1, -0.05) is 23.7 Å². The molecule has 0 saturated heterocycles. The first-order chi connectivity index (χ1) is 10.2. The lowest BCUT2D eigenvalue weighted by molar-refractivity contribution is 0.102. The van der Waals surface area contributed by atoms with E-state index >= 15 is 0 Å². The SMILES string of the molecule is O=C(Nc1ccc(-c2cnc[nH]2)cc1)c1cncc(Cl)n1. The molecule has 0 atom stereocenters. The van der Waals surface area contributed by atoms with Gasteiger partial charge in [-0.25, -0.2) is 9.97 Å². The first kappa shape index (κ1) is 13.3. The molecule has 0 radical (unpaired) electrons. The smallest absolute Gasteiger partial charge is 0.275 e. The third-order valence-electron chi connectivity index (χ3n) is 2.79. The minimum atomic E-state index is -0.362. The molecule has 2 heterocycles. The molecule has 2 N–H and O–H groups in total. The molecule has 0 aliphatic heterocycles. The monoisotopic (exact) mass is 299 g/mol. The zero-order valence-electron chi connectivity index (χ0n) is 10.7. The van der Waals surface area contributed by atoms with Crippen molar-refractivity contribution in [3.63, 3.8) is 0 Å². The van der Waals surface area contributed by atoms with Crippen LogP contribution >= 0.6 is 11.6 Å². The van der Waals surface area contributed by atoms with E-state index in [2.05, 4.69) is 25.3 Å². The summed E-state index contributed by atoms with van der Waals surface area (Å²) in [6.45, 7) is 0. The minimum absolute atomic E-state index is 0.167. The standard InChI is InChI=1S/C14H10ClN5O/c15-13-7-16-6-12(20-13)14(21)19-10-3-1-9(2-4-10)11-5-17-8-18-11/h1-8H,(H,17,18)(H,19,21). The molecule has 0 fully saturated rings. The largest absolute Gasteiger partial charge is 0.345 e. The summed E-state index contributed by atoms with van der Waals surface area (Å²) in [5.74, 6) is -0.362. The number of benzene rings is 1. The number of aromatic nitrogens is 4. The van der Waals surface area contributed by atoms with Crippen LogP contribution in [0.1, 0.15) is 10.5 Å². The molecule has 1 amide bonds. The zero-order valence-corrected chi connectivity index (χ0v) is 11.5. The fraction of sp³-hybridized carbons (Fsp3) is 0. The summed E-state index contributed by atoms with van der Waals surface area (Å²) in [5, 5.41) is 2.91. The van der Waals surface area contributed by atoms with Crippen LogP contribution in [0.5, 0.6) is 0 Å². The number of hydrogen-bond donors (Lipinski definition) is 2. The fourth-order valence-electron chi connectivity index (χ4n) is 1.79. The lowest BCUT2D eigenvalue weighted by atomic mass is 10.1. The Kier molecular flexibility index (Phi) is 3.61. The van der Waals surface area contributed by atoms with E-state index in [9.17, 15) is 4.79 Å². The number of rotatable bonds is 3. The van der Waals surface area contributed by atoms with E-state index < -0.39 is 0 Å². The lowest BCUT2D eigenvalue weighted by Crippen LogP contribution is -2.13. The number of imidazole rings is 1. The third-order valence-corrected chi connectivity index (χ3v) is 2.97. The van der Waals surface area contributed by atoms with Crippen molar-refractivity contribution in [3.05, 3.63) is 60.0 Å². The average Bonchev–Trinajstić information content (AvgIpc) is 3.02. The molecule has 104 valence electrons. The van der Waals surface area contributed by atoms with Crippen molar-refractivity contribution >= 4 is 23.2 Å². The van der Waals surface area contributed by atoms with Gasteiger partial charge in [-0.2, -0.15) is 0 Å². The van der Waals surface area contributed by atoms with E-state index in [-0.39, 0.29) is 16.8 Å². The van der Waals surface area contributed by atoms with Gasteiger partial charge in [0, 0.05) is 5.69 Å². The second kappa shape index (κ2) is 5.72. The molecule has 3 rings (SSSR count). The number of nitrogens with one attached hydrogen (secondary N) is 2. The minimum Gasteiger partial charge on any atom is -0.345 e. The Morgan fingerprint density at radius 2 is 1.90 bits per heavy atom. The van der Waals surface area contributed by atoms with Gasteiger partial charge >= 0.3 is 0 Å². The number of halogens is 1. The average molecular weight is 300 g/mol. The van der Waals surface area contributed by atoms with Gasteiger partial charge < -0.3 is 10.3 Å². The van der Waals surface area contributed by atoms with Crippen molar-refractivity contribution in [1.82, 2.24) is 19.9 Å². The van der Waals surface area contributed by atoms with Crippen LogP contribution in [0.3, 0.4) is 0 Å². The molecular weight excluding hydrogens is 290 g/mol. The van der Waals surface area contributed by atoms with Crippen LogP contribution in [0.25, 0.3) is 11.3 Å². The lowest BCUT2D eigenvalue weighted by Gasteiger charge is -2.05. The number of carbonyl (C=O) groups is 1. The second-order valence-corrected chi connectivity index (χ2v) is 4.61. The third kappa shape index (κ3) is 3.06. The number of aromatic amines is 1. The second-order valence-electron chi connectivity index (χ2n) is 4.22. The maximum Gasteiger partial charge on any atom is 0.275 e. The molecular formula is C14H10ClN5O. The number of amides is 1. The molecule has 3 aromatic rings. The van der Waals surface area contributed by atoms with E-state index in [1.807, 2.05) is 12.1 Å². The fourth-order valence-corrected chi connectivity index (χ4v) is 1.94. The summed E-state index contributed by atoms with van der Waals surface area (Å²) in [6, 6.07) is 7.36. The van der Waals surface area contributed by atoms with Crippen LogP contribution in [-0.4, -0.2) is 25.8 Å². The van der Waals surface area contributed by atoms with Crippen molar-refractivity contribution < 1.29 is 4.79 Å². The van der Waals surface area contributed by atoms with Gasteiger partial charge in [-0.3, -0.25) is 9.78 Å². The van der Waals surface area contributed by atoms with Crippen molar-refractivity contribution in [2.45, 2.75) is 0 Å². The van der Waals surface area contributed by atoms with Crippen LogP contribution in [0.4, 0.5) is 5.69 Å². The van der Waals surface area contributed by atoms with Crippen LogP contribution in [0, 0.1) is 0 Å². The van der Waals surface area contributed by atoms with Gasteiger partial charge in [0.15, 0.2) is 0 Å². The summed E-state index contributed by atoms with van der Waals surface area (Å²) in [4.78, 5) is 26.7. The summed E-state index contributed by atoms with van der Waals surface area (Å²) in [6.07, 6.45) is 6.08. The van der Waals surface area contributed by atoms with Gasteiger partial charge in [-0.15, -0.1) is 0 Å². The Balaban J connectivity index is 1.75. The highest BCUT2D eigenvalue weighted by Gasteiger charge is 2.09. The molecule has 0 bridgehead atoms. The Morgan fingerprint density at radius 1 is 1.10 bits per heavy atom. The molecule has 2 aromatic heterocycles. The van der Waals surface area contributed by atoms with E-state index in [1.54, 1.807) is 24.7 Å². The van der Waals surface area contributed by atoms with Crippen molar-refractivity contribution in [2.24, 2.45) is 0 Å². The van der Waals surface area contributed by atoms with E-state index in [1.165, 1.54) is 12.4 Å². The predicted octanol–water partition coefficient (Wildman–Crippen LogP) is 2.77. The molecule has 0 aliphatic carbocycles. The number of H-pyrrole nitrogens is 1. The number of nitrogens with zero attached hydrogens (tertiary/aromatic N) is 3. The predicted molar refractivity (Wildman–Crippen MR) is 79.0 cm³/mol. The molecule has 7 heteroatoms. The van der Waals surface area contributed by atoms with Gasteiger partial charge in [0.2, 0.25) is 0 Å². The van der Waals surface area contributed by atoms with Crippen molar-refractivity contribution in [2.75, 3.05) is 5.32 Å². The first-order valence-corrected chi connectivity index (χ1v) is 6.48. The van der Waals surface area contributed by atoms with Gasteiger partial charge in [-0.05, 0) is 17.7 Å². The number of anilines is 1. The van der Waals surface area contributed by atoms with E-state index in [0.717, 1.165) is 11.3 Å². The molecule has 1 aromatic carbocycles. The van der Waals surface area contributed by atoms with Gasteiger partial charge in [0.25, 0.3) is 5.91 Å². The van der Waals surface area contributed by atoms with Crippen LogP contribution in [-0.2, 0) is 0 Å². The van der Waals surface area contributed by atoms with Gasteiger partial charge in [0.05, 0.1) is 30.6 Å². The van der Waals surface area contributed by atoms with Gasteiger partial charge in [0.1, 0.15) is 10.8 Å². The first-order valence-electron chi connectivity index (χ1n) is 6.10. The van der Waals surface area contributed by atoms with E-state index in [0.29, 0.717) is 5.69 Å². The summed E-state index contributed by atoms with van der Waals surface area (Å²) < 4.78 is 0. The molecule has 0 spiro atoms. The number of hydrogen-bond acceptors (Lipinski definition) is 4. The van der Waals surface area contributed by atoms with Crippen LogP contribution < -0.4 is 5.32 Å². The quantitative estimate of drug-likeness (QED) is 0.779. The topological polar surface area (TPSA) is 83.6 Å². The van der Waals surface area contributed by atoms with E-state index in [4.69, 9.17) is 11.6 Å². The molecule has 0 saturated carbocycles. The highest BCUT2D eigenvalue weighted by atomic mass is 35.5. The Morgan fingerprint density at radius 3 is 2.57 bits per heavy atom. The van der Waals surface area contributed by atoms with Crippen LogP contribution in [0.15, 0.2) is 49.2 Å². The number of carbonyl (C=O) groups excluding carboxylic acids is 1. The van der Waals surface area contributed by atoms with Crippen molar-refractivity contribution in [1.29, 1.82) is 0 Å². The molecule has 6 nitrogen and oxygen atoms in total. The van der Waals surface area contributed by atoms with Crippen molar-refractivity contribution in [3.8, 4) is 11.3 Å². The molecule has 21 heavy (non-hydrogen) atoms. The Bertz CT molecular complexity index is 755.